The number of hydrogen-bond donors (Lipinski definition) is 2. The van der Waals surface area contributed by atoms with Crippen molar-refractivity contribution in [3.8, 4) is 0 Å². The molecule has 114 valence electrons. The molecule has 0 aliphatic carbocycles. The van der Waals surface area contributed by atoms with E-state index in [2.05, 4.69) is 5.32 Å². The lowest BCUT2D eigenvalue weighted by Gasteiger charge is -2.25. The van der Waals surface area contributed by atoms with Gasteiger partial charge in [-0.05, 0) is 38.0 Å². The molecule has 1 aliphatic heterocycles. The van der Waals surface area contributed by atoms with Crippen molar-refractivity contribution in [2.75, 3.05) is 6.54 Å². The molecule has 2 N–H and O–H groups in total. The lowest BCUT2D eigenvalue weighted by Crippen LogP contribution is -2.44. The average molecular weight is 294 g/mol. The largest absolute Gasteiger partial charge is 0.481 e. The topological polar surface area (TPSA) is 69.6 Å². The summed E-state index contributed by atoms with van der Waals surface area (Å²) in [6, 6.07) is 5.04. The number of carbonyl (C=O) groups excluding carboxylic acids is 1. The summed E-state index contributed by atoms with van der Waals surface area (Å²) < 4.78 is 12.9. The van der Waals surface area contributed by atoms with Gasteiger partial charge in [-0.1, -0.05) is 12.1 Å². The first-order valence-electron chi connectivity index (χ1n) is 6.95. The zero-order valence-corrected chi connectivity index (χ0v) is 12.0. The smallest absolute Gasteiger partial charge is 0.318 e. The molecule has 6 heteroatoms. The lowest BCUT2D eigenvalue weighted by atomic mass is 10.0. The van der Waals surface area contributed by atoms with Gasteiger partial charge in [0.15, 0.2) is 0 Å². The minimum Gasteiger partial charge on any atom is -0.481 e. The molecule has 3 atom stereocenters. The van der Waals surface area contributed by atoms with E-state index in [1.807, 2.05) is 0 Å². The second-order valence-electron chi connectivity index (χ2n) is 5.39. The Bertz CT molecular complexity index is 532. The maximum Gasteiger partial charge on any atom is 0.318 e. The second kappa shape index (κ2) is 6.11. The zero-order chi connectivity index (χ0) is 15.6. The van der Waals surface area contributed by atoms with E-state index in [-0.39, 0.29) is 23.9 Å². The number of benzene rings is 1. The first-order valence-corrected chi connectivity index (χ1v) is 6.95. The van der Waals surface area contributed by atoms with Crippen LogP contribution in [0.5, 0.6) is 0 Å². The Labute approximate surface area is 122 Å². The van der Waals surface area contributed by atoms with E-state index in [0.29, 0.717) is 13.0 Å². The summed E-state index contributed by atoms with van der Waals surface area (Å²) >= 11 is 0. The van der Waals surface area contributed by atoms with Gasteiger partial charge in [0, 0.05) is 12.6 Å². The highest BCUT2D eigenvalue weighted by Crippen LogP contribution is 2.25. The molecule has 0 bridgehead atoms. The summed E-state index contributed by atoms with van der Waals surface area (Å²) in [4.78, 5) is 24.8. The number of likely N-dealkylation sites (tertiary alicyclic amines) is 1. The summed E-state index contributed by atoms with van der Waals surface area (Å²) in [5.41, 5.74) is 0.798. The highest BCUT2D eigenvalue weighted by atomic mass is 19.1. The molecule has 1 aromatic carbocycles. The molecule has 21 heavy (non-hydrogen) atoms. The third kappa shape index (κ3) is 3.32. The van der Waals surface area contributed by atoms with Crippen molar-refractivity contribution < 1.29 is 19.1 Å². The summed E-state index contributed by atoms with van der Waals surface area (Å²) in [6.07, 6.45) is 0.467. The van der Waals surface area contributed by atoms with Crippen LogP contribution in [0.15, 0.2) is 24.3 Å². The van der Waals surface area contributed by atoms with Gasteiger partial charge in [-0.15, -0.1) is 0 Å². The molecular formula is C15H19FN2O3. The van der Waals surface area contributed by atoms with Gasteiger partial charge in [0.25, 0.3) is 0 Å². The van der Waals surface area contributed by atoms with Crippen LogP contribution in [0, 0.1) is 11.7 Å². The Morgan fingerprint density at radius 3 is 2.52 bits per heavy atom. The number of rotatable bonds is 3. The number of aliphatic carboxylic acids is 1. The van der Waals surface area contributed by atoms with E-state index in [4.69, 9.17) is 5.11 Å². The van der Waals surface area contributed by atoms with Crippen LogP contribution in [0.2, 0.25) is 0 Å². The molecule has 3 unspecified atom stereocenters. The van der Waals surface area contributed by atoms with Crippen LogP contribution in [0.3, 0.4) is 0 Å². The van der Waals surface area contributed by atoms with Gasteiger partial charge in [0.05, 0.1) is 12.0 Å². The van der Waals surface area contributed by atoms with Gasteiger partial charge >= 0.3 is 12.0 Å². The molecule has 1 fully saturated rings. The van der Waals surface area contributed by atoms with Crippen LogP contribution in [-0.4, -0.2) is 34.6 Å². The minimum atomic E-state index is -0.871. The summed E-state index contributed by atoms with van der Waals surface area (Å²) in [7, 11) is 0. The van der Waals surface area contributed by atoms with E-state index in [9.17, 15) is 14.0 Å². The minimum absolute atomic E-state index is 0.269. The fraction of sp³-hybridized carbons (Fsp3) is 0.467. The summed E-state index contributed by atoms with van der Waals surface area (Å²) in [5, 5.41) is 11.9. The molecule has 0 saturated carbocycles. The van der Waals surface area contributed by atoms with Gasteiger partial charge in [-0.2, -0.15) is 0 Å². The molecule has 1 aromatic rings. The maximum atomic E-state index is 12.9. The Morgan fingerprint density at radius 2 is 2.00 bits per heavy atom. The van der Waals surface area contributed by atoms with E-state index < -0.39 is 11.9 Å². The van der Waals surface area contributed by atoms with Crippen LogP contribution in [0.1, 0.15) is 31.9 Å². The quantitative estimate of drug-likeness (QED) is 0.899. The van der Waals surface area contributed by atoms with Gasteiger partial charge in [-0.25, -0.2) is 9.18 Å². The molecule has 0 radical (unpaired) electrons. The van der Waals surface area contributed by atoms with Gasteiger partial charge in [0.1, 0.15) is 5.82 Å². The molecule has 2 rings (SSSR count). The van der Waals surface area contributed by atoms with Crippen LogP contribution in [0.4, 0.5) is 9.18 Å². The molecule has 2 amide bonds. The van der Waals surface area contributed by atoms with Gasteiger partial charge in [-0.3, -0.25) is 4.79 Å². The number of carboxylic acids is 1. The van der Waals surface area contributed by atoms with Crippen molar-refractivity contribution in [1.82, 2.24) is 10.2 Å². The monoisotopic (exact) mass is 294 g/mol. The van der Waals surface area contributed by atoms with Crippen molar-refractivity contribution in [2.45, 2.75) is 32.4 Å². The number of carboxylic acid groups (broad SMARTS) is 1. The Hall–Kier alpha value is -2.11. The number of hydrogen-bond acceptors (Lipinski definition) is 2. The Balaban J connectivity index is 1.98. The lowest BCUT2D eigenvalue weighted by molar-refractivity contribution is -0.142. The van der Waals surface area contributed by atoms with E-state index in [1.165, 1.54) is 12.1 Å². The Kier molecular flexibility index (Phi) is 4.45. The molecule has 0 spiro atoms. The second-order valence-corrected chi connectivity index (χ2v) is 5.39. The molecule has 1 heterocycles. The van der Waals surface area contributed by atoms with Crippen molar-refractivity contribution in [3.05, 3.63) is 35.6 Å². The van der Waals surface area contributed by atoms with Crippen LogP contribution in [-0.2, 0) is 4.79 Å². The molecule has 0 aromatic heterocycles. The standard InChI is InChI=1S/C15H19FN2O3/c1-9(11-3-5-12(16)6-4-11)17-15(21)18-8-7-13(10(18)2)14(19)20/h3-6,9-10,13H,7-8H2,1-2H3,(H,17,21)(H,19,20). The first-order chi connectivity index (χ1) is 9.90. The number of carbonyl (C=O) groups is 2. The number of amides is 2. The van der Waals surface area contributed by atoms with Gasteiger partial charge < -0.3 is 15.3 Å². The number of halogens is 1. The molecular weight excluding hydrogens is 275 g/mol. The third-order valence-electron chi connectivity index (χ3n) is 4.04. The predicted molar refractivity (Wildman–Crippen MR) is 75.3 cm³/mol. The highest BCUT2D eigenvalue weighted by molar-refractivity contribution is 5.78. The van der Waals surface area contributed by atoms with Gasteiger partial charge in [0.2, 0.25) is 0 Å². The van der Waals surface area contributed by atoms with E-state index >= 15 is 0 Å². The maximum absolute atomic E-state index is 12.9. The number of nitrogens with one attached hydrogen (secondary N) is 1. The molecule has 1 saturated heterocycles. The summed E-state index contributed by atoms with van der Waals surface area (Å²) in [6.45, 7) is 3.98. The van der Waals surface area contributed by atoms with Crippen molar-refractivity contribution in [3.63, 3.8) is 0 Å². The van der Waals surface area contributed by atoms with Crippen molar-refractivity contribution >= 4 is 12.0 Å². The number of urea groups is 1. The third-order valence-corrected chi connectivity index (χ3v) is 4.04. The fourth-order valence-corrected chi connectivity index (χ4v) is 2.66. The molecule has 5 nitrogen and oxygen atoms in total. The average Bonchev–Trinajstić information content (AvgIpc) is 2.81. The number of nitrogens with zero attached hydrogens (tertiary/aromatic N) is 1. The van der Waals surface area contributed by atoms with E-state index in [1.54, 1.807) is 30.9 Å². The van der Waals surface area contributed by atoms with E-state index in [0.717, 1.165) is 5.56 Å². The zero-order valence-electron chi connectivity index (χ0n) is 12.0. The SMILES string of the molecule is CC(NC(=O)N1CCC(C(=O)O)C1C)c1ccc(F)cc1. The first kappa shape index (κ1) is 15.3. The normalized spacial score (nSPS) is 22.9. The molecule has 1 aliphatic rings. The van der Waals surface area contributed by atoms with Crippen LogP contribution >= 0.6 is 0 Å². The van der Waals surface area contributed by atoms with Crippen LogP contribution < -0.4 is 5.32 Å². The predicted octanol–water partition coefficient (Wildman–Crippen LogP) is 2.39. The summed E-state index contributed by atoms with van der Waals surface area (Å²) in [5.74, 6) is -1.71. The van der Waals surface area contributed by atoms with Crippen molar-refractivity contribution in [1.29, 1.82) is 0 Å². The van der Waals surface area contributed by atoms with Crippen molar-refractivity contribution in [2.24, 2.45) is 5.92 Å². The Morgan fingerprint density at radius 1 is 1.38 bits per heavy atom. The van der Waals surface area contributed by atoms with Crippen LogP contribution in [0.25, 0.3) is 0 Å². The highest BCUT2D eigenvalue weighted by Gasteiger charge is 2.38. The fourth-order valence-electron chi connectivity index (χ4n) is 2.66.